The standard InChI is InChI=1S/C13H18Cl2N2O2S.ClH/c1-13(5-2-6-16-8-13)9-17-20(18,19)10-3-4-11(14)12(15)7-10;/h3-4,7,16-17H,2,5-6,8-9H2,1H3;1H. The largest absolute Gasteiger partial charge is 0.316 e. The van der Waals surface area contributed by atoms with Crippen molar-refractivity contribution in [1.82, 2.24) is 10.0 Å². The van der Waals surface area contributed by atoms with E-state index in [9.17, 15) is 8.42 Å². The molecule has 0 spiro atoms. The van der Waals surface area contributed by atoms with Crippen molar-refractivity contribution in [1.29, 1.82) is 0 Å². The van der Waals surface area contributed by atoms with E-state index in [-0.39, 0.29) is 27.7 Å². The molecule has 1 aliphatic rings. The van der Waals surface area contributed by atoms with Crippen LogP contribution in [0.4, 0.5) is 0 Å². The fourth-order valence-corrected chi connectivity index (χ4v) is 3.85. The molecule has 1 fully saturated rings. The molecule has 1 aromatic carbocycles. The van der Waals surface area contributed by atoms with Crippen molar-refractivity contribution in [3.63, 3.8) is 0 Å². The Labute approximate surface area is 142 Å². The molecule has 1 unspecified atom stereocenters. The lowest BCUT2D eigenvalue weighted by Crippen LogP contribution is -2.45. The Balaban J connectivity index is 0.00000220. The minimum Gasteiger partial charge on any atom is -0.316 e. The maximum Gasteiger partial charge on any atom is 0.240 e. The molecule has 2 N–H and O–H groups in total. The maximum absolute atomic E-state index is 12.2. The highest BCUT2D eigenvalue weighted by atomic mass is 35.5. The third-order valence-electron chi connectivity index (χ3n) is 3.58. The average Bonchev–Trinajstić information content (AvgIpc) is 2.41. The van der Waals surface area contributed by atoms with Crippen LogP contribution in [0.25, 0.3) is 0 Å². The molecule has 21 heavy (non-hydrogen) atoms. The third kappa shape index (κ3) is 4.98. The average molecular weight is 374 g/mol. The molecule has 1 aliphatic heterocycles. The topological polar surface area (TPSA) is 58.2 Å². The first-order valence-electron chi connectivity index (χ1n) is 6.48. The summed E-state index contributed by atoms with van der Waals surface area (Å²) in [7, 11) is -3.56. The Morgan fingerprint density at radius 2 is 2.05 bits per heavy atom. The van der Waals surface area contributed by atoms with E-state index in [0.717, 1.165) is 25.9 Å². The van der Waals surface area contributed by atoms with Gasteiger partial charge in [-0.15, -0.1) is 12.4 Å². The van der Waals surface area contributed by atoms with E-state index in [1.54, 1.807) is 0 Å². The van der Waals surface area contributed by atoms with Gasteiger partial charge >= 0.3 is 0 Å². The highest BCUT2D eigenvalue weighted by Gasteiger charge is 2.28. The summed E-state index contributed by atoms with van der Waals surface area (Å²) in [6.07, 6.45) is 2.06. The predicted molar refractivity (Wildman–Crippen MR) is 89.1 cm³/mol. The van der Waals surface area contributed by atoms with Crippen molar-refractivity contribution >= 4 is 45.6 Å². The van der Waals surface area contributed by atoms with Gasteiger partial charge in [-0.05, 0) is 43.0 Å². The second-order valence-corrected chi connectivity index (χ2v) is 8.07. The number of benzene rings is 1. The number of nitrogens with one attached hydrogen (secondary N) is 2. The van der Waals surface area contributed by atoms with Crippen LogP contribution >= 0.6 is 35.6 Å². The van der Waals surface area contributed by atoms with Gasteiger partial charge in [0.05, 0.1) is 14.9 Å². The first-order chi connectivity index (χ1) is 9.32. The van der Waals surface area contributed by atoms with Crippen LogP contribution in [0.1, 0.15) is 19.8 Å². The van der Waals surface area contributed by atoms with Crippen molar-refractivity contribution in [2.24, 2.45) is 5.41 Å². The number of piperidine rings is 1. The van der Waals surface area contributed by atoms with Gasteiger partial charge in [-0.2, -0.15) is 0 Å². The van der Waals surface area contributed by atoms with Gasteiger partial charge in [0.1, 0.15) is 0 Å². The molecule has 0 aromatic heterocycles. The van der Waals surface area contributed by atoms with Crippen LogP contribution in [0.2, 0.25) is 10.0 Å². The van der Waals surface area contributed by atoms with Crippen LogP contribution in [-0.2, 0) is 10.0 Å². The highest BCUT2D eigenvalue weighted by molar-refractivity contribution is 7.89. The molecule has 2 rings (SSSR count). The summed E-state index contributed by atoms with van der Waals surface area (Å²) in [5.41, 5.74) is -0.0540. The van der Waals surface area contributed by atoms with Crippen molar-refractivity contribution in [3.05, 3.63) is 28.2 Å². The van der Waals surface area contributed by atoms with E-state index in [0.29, 0.717) is 11.6 Å². The third-order valence-corrected chi connectivity index (χ3v) is 5.71. The molecular formula is C13H19Cl3N2O2S. The quantitative estimate of drug-likeness (QED) is 0.852. The molecule has 4 nitrogen and oxygen atoms in total. The molecule has 0 amide bonds. The second kappa shape index (κ2) is 7.49. The molecule has 1 heterocycles. The second-order valence-electron chi connectivity index (χ2n) is 5.49. The van der Waals surface area contributed by atoms with Crippen LogP contribution in [0.15, 0.2) is 23.1 Å². The van der Waals surface area contributed by atoms with Crippen LogP contribution < -0.4 is 10.0 Å². The van der Waals surface area contributed by atoms with Gasteiger partial charge in [0.2, 0.25) is 10.0 Å². The molecule has 0 aliphatic carbocycles. The van der Waals surface area contributed by atoms with E-state index >= 15 is 0 Å². The Kier molecular flexibility index (Phi) is 6.78. The summed E-state index contributed by atoms with van der Waals surface area (Å²) >= 11 is 11.7. The first kappa shape index (κ1) is 19.0. The zero-order valence-electron chi connectivity index (χ0n) is 11.7. The Bertz CT molecular complexity index is 587. The van der Waals surface area contributed by atoms with E-state index < -0.39 is 10.0 Å². The number of hydrogen-bond donors (Lipinski definition) is 2. The van der Waals surface area contributed by atoms with Gasteiger partial charge in [0.25, 0.3) is 0 Å². The van der Waals surface area contributed by atoms with Crippen molar-refractivity contribution < 1.29 is 8.42 Å². The van der Waals surface area contributed by atoms with Crippen LogP contribution in [-0.4, -0.2) is 28.1 Å². The van der Waals surface area contributed by atoms with Gasteiger partial charge in [-0.25, -0.2) is 13.1 Å². The van der Waals surface area contributed by atoms with E-state index in [2.05, 4.69) is 17.0 Å². The molecule has 8 heteroatoms. The lowest BCUT2D eigenvalue weighted by atomic mass is 9.83. The first-order valence-corrected chi connectivity index (χ1v) is 8.72. The summed E-state index contributed by atoms with van der Waals surface area (Å²) in [5, 5.41) is 3.87. The molecule has 1 saturated heterocycles. The predicted octanol–water partition coefficient (Wildman–Crippen LogP) is 3.08. The molecule has 0 saturated carbocycles. The molecule has 1 aromatic rings. The fourth-order valence-electron chi connectivity index (χ4n) is 2.27. The van der Waals surface area contributed by atoms with Crippen LogP contribution in [0.3, 0.4) is 0 Å². The maximum atomic E-state index is 12.2. The Morgan fingerprint density at radius 1 is 1.33 bits per heavy atom. The monoisotopic (exact) mass is 372 g/mol. The van der Waals surface area contributed by atoms with Gasteiger partial charge in [-0.3, -0.25) is 0 Å². The summed E-state index contributed by atoms with van der Waals surface area (Å²) in [5.74, 6) is 0. The molecule has 120 valence electrons. The SMILES string of the molecule is CC1(CNS(=O)(=O)c2ccc(Cl)c(Cl)c2)CCCNC1.Cl. The Morgan fingerprint density at radius 3 is 2.62 bits per heavy atom. The van der Waals surface area contributed by atoms with Gasteiger partial charge in [-0.1, -0.05) is 30.1 Å². The summed E-state index contributed by atoms with van der Waals surface area (Å²) in [6.45, 7) is 4.30. The van der Waals surface area contributed by atoms with Gasteiger partial charge in [0.15, 0.2) is 0 Å². The van der Waals surface area contributed by atoms with Gasteiger partial charge in [0, 0.05) is 13.1 Å². The minimum absolute atomic E-state index is 0. The van der Waals surface area contributed by atoms with Crippen LogP contribution in [0, 0.1) is 5.41 Å². The van der Waals surface area contributed by atoms with Crippen molar-refractivity contribution in [3.8, 4) is 0 Å². The lowest BCUT2D eigenvalue weighted by molar-refractivity contribution is 0.238. The smallest absolute Gasteiger partial charge is 0.240 e. The van der Waals surface area contributed by atoms with E-state index in [1.807, 2.05) is 0 Å². The minimum atomic E-state index is -3.56. The summed E-state index contributed by atoms with van der Waals surface area (Å²) in [4.78, 5) is 0.138. The van der Waals surface area contributed by atoms with Crippen molar-refractivity contribution in [2.75, 3.05) is 19.6 Å². The lowest BCUT2D eigenvalue weighted by Gasteiger charge is -2.34. The normalized spacial score (nSPS) is 22.6. The van der Waals surface area contributed by atoms with E-state index in [1.165, 1.54) is 18.2 Å². The number of hydrogen-bond acceptors (Lipinski definition) is 3. The molecular weight excluding hydrogens is 355 g/mol. The zero-order chi connectivity index (χ0) is 14.8. The summed E-state index contributed by atoms with van der Waals surface area (Å²) < 4.78 is 27.2. The Hall–Kier alpha value is -0.0400. The van der Waals surface area contributed by atoms with Gasteiger partial charge < -0.3 is 5.32 Å². The number of sulfonamides is 1. The molecule has 0 radical (unpaired) electrons. The number of rotatable bonds is 4. The fraction of sp³-hybridized carbons (Fsp3) is 0.538. The summed E-state index contributed by atoms with van der Waals surface area (Å²) in [6, 6.07) is 4.31. The highest BCUT2D eigenvalue weighted by Crippen LogP contribution is 2.27. The van der Waals surface area contributed by atoms with Crippen molar-refractivity contribution in [2.45, 2.75) is 24.7 Å². The van der Waals surface area contributed by atoms with E-state index in [4.69, 9.17) is 23.2 Å². The molecule has 0 bridgehead atoms. The number of halogens is 3. The molecule has 1 atom stereocenters. The zero-order valence-corrected chi connectivity index (χ0v) is 14.8. The van der Waals surface area contributed by atoms with Crippen LogP contribution in [0.5, 0.6) is 0 Å².